The summed E-state index contributed by atoms with van der Waals surface area (Å²) in [6, 6.07) is 10.0. The number of aromatic nitrogens is 2. The van der Waals surface area contributed by atoms with Gasteiger partial charge in [0, 0.05) is 49.4 Å². The molecule has 1 aromatic heterocycles. The van der Waals surface area contributed by atoms with E-state index in [1.54, 1.807) is 13.3 Å². The van der Waals surface area contributed by atoms with Crippen LogP contribution in [0.2, 0.25) is 0 Å². The van der Waals surface area contributed by atoms with Crippen LogP contribution in [0.3, 0.4) is 0 Å². The number of aryl methyl sites for hydroxylation is 1. The molecule has 0 radical (unpaired) electrons. The molecule has 1 aromatic carbocycles. The maximum atomic E-state index is 13.0. The molecule has 9 nitrogen and oxygen atoms in total. The van der Waals surface area contributed by atoms with Crippen LogP contribution in [-0.4, -0.2) is 82.0 Å². The molecule has 0 unspecified atom stereocenters. The number of amides is 1. The van der Waals surface area contributed by atoms with Gasteiger partial charge in [0.1, 0.15) is 5.75 Å². The lowest BCUT2D eigenvalue weighted by Gasteiger charge is -2.54. The van der Waals surface area contributed by atoms with Gasteiger partial charge < -0.3 is 19.8 Å². The number of aliphatic hydroxyl groups is 1. The zero-order chi connectivity index (χ0) is 23.7. The van der Waals surface area contributed by atoms with Crippen molar-refractivity contribution in [1.82, 2.24) is 20.0 Å². The van der Waals surface area contributed by atoms with E-state index < -0.39 is 0 Å². The molecule has 2 fully saturated rings. The van der Waals surface area contributed by atoms with Crippen molar-refractivity contribution in [3.05, 3.63) is 47.8 Å². The van der Waals surface area contributed by atoms with Crippen molar-refractivity contribution in [2.75, 3.05) is 33.4 Å². The van der Waals surface area contributed by atoms with Gasteiger partial charge in [0.05, 0.1) is 13.7 Å². The van der Waals surface area contributed by atoms with Crippen LogP contribution in [0.1, 0.15) is 36.9 Å². The molecule has 0 aliphatic carbocycles. The SMILES string of the molecule is COc1ccccc1CCC(=O)N1CC[C@]2(CO)CCCN(Cc3ccn[nH]3)[C@H]2C1.O=CO. The van der Waals surface area contributed by atoms with Crippen molar-refractivity contribution in [2.45, 2.75) is 44.7 Å². The van der Waals surface area contributed by atoms with Crippen molar-refractivity contribution < 1.29 is 24.5 Å². The average molecular weight is 459 g/mol. The number of likely N-dealkylation sites (tertiary alicyclic amines) is 2. The van der Waals surface area contributed by atoms with Gasteiger partial charge in [-0.1, -0.05) is 18.2 Å². The van der Waals surface area contributed by atoms with Crippen molar-refractivity contribution in [3.63, 3.8) is 0 Å². The molecule has 0 saturated carbocycles. The molecule has 0 spiro atoms. The standard InChI is InChI=1S/C23H32N4O3.CH2O2/c1-30-20-6-3-2-5-18(20)7-8-22(29)27-14-11-23(17-28)10-4-13-26(21(23)16-27)15-19-9-12-24-25-19;2-1-3/h2-3,5-6,9,12,21,28H,4,7-8,10-11,13-17H2,1H3,(H,24,25);1H,(H,2,3)/t21-,23-;/m0./s1. The Balaban J connectivity index is 0.000000968. The second-order valence-electron chi connectivity index (χ2n) is 8.70. The third-order valence-electron chi connectivity index (χ3n) is 6.94. The summed E-state index contributed by atoms with van der Waals surface area (Å²) in [5.74, 6) is 1.01. The number of carbonyl (C=O) groups is 2. The highest BCUT2D eigenvalue weighted by Crippen LogP contribution is 2.42. The number of carboxylic acid groups (broad SMARTS) is 1. The van der Waals surface area contributed by atoms with Gasteiger partial charge in [0.15, 0.2) is 0 Å². The molecule has 1 amide bonds. The average Bonchev–Trinajstić information content (AvgIpc) is 3.36. The summed E-state index contributed by atoms with van der Waals surface area (Å²) < 4.78 is 5.42. The topological polar surface area (TPSA) is 119 Å². The van der Waals surface area contributed by atoms with Crippen molar-refractivity contribution in [3.8, 4) is 5.75 Å². The zero-order valence-electron chi connectivity index (χ0n) is 19.2. The van der Waals surface area contributed by atoms with Gasteiger partial charge >= 0.3 is 0 Å². The first-order chi connectivity index (χ1) is 16.1. The van der Waals surface area contributed by atoms with Crippen LogP contribution >= 0.6 is 0 Å². The Bertz CT molecular complexity index is 891. The number of nitrogens with zero attached hydrogens (tertiary/aromatic N) is 3. The number of H-pyrrole nitrogens is 1. The summed E-state index contributed by atoms with van der Waals surface area (Å²) in [5.41, 5.74) is 2.02. The number of aliphatic hydroxyl groups excluding tert-OH is 1. The molecular formula is C24H34N4O5. The number of fused-ring (bicyclic) bond motifs is 1. The Hall–Kier alpha value is -2.91. The minimum absolute atomic E-state index is 0.113. The van der Waals surface area contributed by atoms with Crippen molar-refractivity contribution >= 4 is 12.4 Å². The molecule has 9 heteroatoms. The minimum Gasteiger partial charge on any atom is -0.496 e. The molecule has 33 heavy (non-hydrogen) atoms. The van der Waals surface area contributed by atoms with E-state index in [1.165, 1.54) is 0 Å². The zero-order valence-corrected chi connectivity index (χ0v) is 19.2. The number of methoxy groups -OCH3 is 1. The number of carbonyl (C=O) groups excluding carboxylic acids is 1. The highest BCUT2D eigenvalue weighted by atomic mass is 16.5. The van der Waals surface area contributed by atoms with Gasteiger partial charge in [-0.3, -0.25) is 19.6 Å². The molecule has 4 rings (SSSR count). The predicted molar refractivity (Wildman–Crippen MR) is 123 cm³/mol. The molecule has 0 bridgehead atoms. The van der Waals surface area contributed by atoms with Crippen LogP contribution in [0.25, 0.3) is 0 Å². The summed E-state index contributed by atoms with van der Waals surface area (Å²) in [4.78, 5) is 25.8. The van der Waals surface area contributed by atoms with E-state index in [2.05, 4.69) is 15.1 Å². The number of nitrogens with one attached hydrogen (secondary N) is 1. The Morgan fingerprint density at radius 2 is 2.09 bits per heavy atom. The Kier molecular flexibility index (Phi) is 8.85. The fraction of sp³-hybridized carbons (Fsp3) is 0.542. The number of aromatic amines is 1. The van der Waals surface area contributed by atoms with Gasteiger partial charge in [-0.25, -0.2) is 0 Å². The summed E-state index contributed by atoms with van der Waals surface area (Å²) in [6.45, 7) is 3.09. The smallest absolute Gasteiger partial charge is 0.290 e. The molecular weight excluding hydrogens is 424 g/mol. The van der Waals surface area contributed by atoms with E-state index in [0.717, 1.165) is 55.9 Å². The molecule has 2 aliphatic rings. The van der Waals surface area contributed by atoms with Crippen LogP contribution < -0.4 is 4.74 Å². The first kappa shape index (κ1) is 24.7. The van der Waals surface area contributed by atoms with E-state index in [0.29, 0.717) is 19.4 Å². The van der Waals surface area contributed by atoms with Crippen LogP contribution in [-0.2, 0) is 22.6 Å². The molecule has 3 N–H and O–H groups in total. The second-order valence-corrected chi connectivity index (χ2v) is 8.70. The highest BCUT2D eigenvalue weighted by molar-refractivity contribution is 5.76. The van der Waals surface area contributed by atoms with E-state index in [1.807, 2.05) is 35.2 Å². The predicted octanol–water partition coefficient (Wildman–Crippen LogP) is 1.93. The number of rotatable bonds is 7. The fourth-order valence-electron chi connectivity index (χ4n) is 5.18. The van der Waals surface area contributed by atoms with Crippen LogP contribution in [0.4, 0.5) is 0 Å². The summed E-state index contributed by atoms with van der Waals surface area (Å²) in [7, 11) is 1.66. The largest absolute Gasteiger partial charge is 0.496 e. The van der Waals surface area contributed by atoms with Crippen molar-refractivity contribution in [1.29, 1.82) is 0 Å². The van der Waals surface area contributed by atoms with E-state index >= 15 is 0 Å². The van der Waals surface area contributed by atoms with Gasteiger partial charge in [-0.2, -0.15) is 5.10 Å². The van der Waals surface area contributed by atoms with Gasteiger partial charge in [-0.15, -0.1) is 0 Å². The molecule has 2 aromatic rings. The fourth-order valence-corrected chi connectivity index (χ4v) is 5.18. The summed E-state index contributed by atoms with van der Waals surface area (Å²) in [6.07, 6.45) is 5.87. The third kappa shape index (κ3) is 5.91. The van der Waals surface area contributed by atoms with Crippen molar-refractivity contribution in [2.24, 2.45) is 5.41 Å². The normalized spacial score (nSPS) is 22.6. The number of ether oxygens (including phenoxy) is 1. The van der Waals surface area contributed by atoms with Gasteiger partial charge in [0.25, 0.3) is 6.47 Å². The summed E-state index contributed by atoms with van der Waals surface area (Å²) >= 11 is 0. The monoisotopic (exact) mass is 458 g/mol. The number of hydrogen-bond acceptors (Lipinski definition) is 6. The van der Waals surface area contributed by atoms with Crippen LogP contribution in [0, 0.1) is 5.41 Å². The Morgan fingerprint density at radius 1 is 1.30 bits per heavy atom. The highest BCUT2D eigenvalue weighted by Gasteiger charge is 2.48. The number of piperidine rings is 2. The quantitative estimate of drug-likeness (QED) is 0.543. The van der Waals surface area contributed by atoms with E-state index in [-0.39, 0.29) is 30.4 Å². The summed E-state index contributed by atoms with van der Waals surface area (Å²) in [5, 5.41) is 24.3. The lowest BCUT2D eigenvalue weighted by molar-refractivity contribution is -0.141. The Labute approximate surface area is 194 Å². The van der Waals surface area contributed by atoms with E-state index in [4.69, 9.17) is 14.6 Å². The number of benzene rings is 1. The minimum atomic E-state index is -0.250. The lowest BCUT2D eigenvalue weighted by Crippen LogP contribution is -2.63. The second kappa shape index (κ2) is 11.8. The maximum absolute atomic E-state index is 13.0. The lowest BCUT2D eigenvalue weighted by atomic mass is 9.69. The Morgan fingerprint density at radius 3 is 2.79 bits per heavy atom. The molecule has 2 atom stereocenters. The van der Waals surface area contributed by atoms with Crippen LogP contribution in [0.15, 0.2) is 36.5 Å². The molecule has 3 heterocycles. The van der Waals surface area contributed by atoms with Crippen LogP contribution in [0.5, 0.6) is 5.75 Å². The van der Waals surface area contributed by atoms with Gasteiger partial charge in [0.2, 0.25) is 5.91 Å². The molecule has 2 saturated heterocycles. The maximum Gasteiger partial charge on any atom is 0.290 e. The molecule has 2 aliphatic heterocycles. The number of hydrogen-bond donors (Lipinski definition) is 3. The molecule has 180 valence electrons. The first-order valence-electron chi connectivity index (χ1n) is 11.4. The van der Waals surface area contributed by atoms with Gasteiger partial charge in [-0.05, 0) is 49.9 Å². The number of para-hydroxylation sites is 1. The van der Waals surface area contributed by atoms with E-state index in [9.17, 15) is 9.90 Å². The first-order valence-corrected chi connectivity index (χ1v) is 11.4. The third-order valence-corrected chi connectivity index (χ3v) is 6.94.